The van der Waals surface area contributed by atoms with E-state index in [0.29, 0.717) is 21.5 Å². The van der Waals surface area contributed by atoms with Gasteiger partial charge >= 0.3 is 0 Å². The molecule has 0 fully saturated rings. The van der Waals surface area contributed by atoms with Gasteiger partial charge in [-0.25, -0.2) is 15.4 Å². The smallest absolute Gasteiger partial charge is 0.274 e. The van der Waals surface area contributed by atoms with Crippen LogP contribution in [0.2, 0.25) is 5.15 Å². The topological polar surface area (TPSA) is 91.5 Å². The number of nitrogens with one attached hydrogen (secondary N) is 2. The molecule has 7 nitrogen and oxygen atoms in total. The number of aromatic nitrogens is 3. The molecule has 0 bridgehead atoms. The van der Waals surface area contributed by atoms with Crippen LogP contribution in [-0.2, 0) is 0 Å². The van der Waals surface area contributed by atoms with Crippen molar-refractivity contribution in [1.82, 2.24) is 19.8 Å². The van der Waals surface area contributed by atoms with E-state index < -0.39 is 5.91 Å². The van der Waals surface area contributed by atoms with Crippen LogP contribution in [0.3, 0.4) is 0 Å². The van der Waals surface area contributed by atoms with Crippen LogP contribution in [0.4, 0.5) is 10.8 Å². The number of benzene rings is 1. The average molecular weight is 400 g/mol. The van der Waals surface area contributed by atoms with E-state index in [1.807, 2.05) is 41.0 Å². The Morgan fingerprint density at radius 1 is 1.22 bits per heavy atom. The Labute approximate surface area is 163 Å². The fourth-order valence-electron chi connectivity index (χ4n) is 2.83. The Morgan fingerprint density at radius 3 is 2.85 bits per heavy atom. The highest BCUT2D eigenvalue weighted by Gasteiger charge is 2.16. The number of halogens is 1. The van der Waals surface area contributed by atoms with Gasteiger partial charge in [0.05, 0.1) is 11.4 Å². The summed E-state index contributed by atoms with van der Waals surface area (Å²) in [5.74, 6) is -0.575. The molecule has 27 heavy (non-hydrogen) atoms. The van der Waals surface area contributed by atoms with Gasteiger partial charge in [0.15, 0.2) is 5.13 Å². The van der Waals surface area contributed by atoms with Gasteiger partial charge in [-0.05, 0) is 37.3 Å². The second-order valence-electron chi connectivity index (χ2n) is 5.77. The van der Waals surface area contributed by atoms with Crippen LogP contribution < -0.4 is 10.8 Å². The van der Waals surface area contributed by atoms with Crippen molar-refractivity contribution in [3.8, 4) is 11.4 Å². The van der Waals surface area contributed by atoms with Crippen molar-refractivity contribution in [2.24, 2.45) is 0 Å². The van der Waals surface area contributed by atoms with E-state index in [1.165, 1.54) is 11.3 Å². The lowest BCUT2D eigenvalue weighted by Crippen LogP contribution is -2.18. The molecule has 0 spiro atoms. The molecule has 4 aromatic rings. The summed E-state index contributed by atoms with van der Waals surface area (Å²) < 4.78 is 1.86. The number of anilines is 2. The highest BCUT2D eigenvalue weighted by molar-refractivity contribution is 7.14. The molecule has 0 saturated heterocycles. The molecule has 0 unspecified atom stereocenters. The van der Waals surface area contributed by atoms with Gasteiger partial charge in [0.2, 0.25) is 0 Å². The van der Waals surface area contributed by atoms with Gasteiger partial charge in [-0.2, -0.15) is 0 Å². The quantitative estimate of drug-likeness (QED) is 0.270. The monoisotopic (exact) mass is 399 g/mol. The molecule has 0 aliphatic carbocycles. The van der Waals surface area contributed by atoms with Gasteiger partial charge in [-0.3, -0.25) is 14.4 Å². The lowest BCUT2D eigenvalue weighted by atomic mass is 10.2. The minimum atomic E-state index is -0.575. The number of pyridine rings is 1. The highest BCUT2D eigenvalue weighted by Crippen LogP contribution is 2.31. The number of hydroxylamine groups is 1. The van der Waals surface area contributed by atoms with E-state index in [-0.39, 0.29) is 0 Å². The number of imidazole rings is 1. The third kappa shape index (κ3) is 3.25. The van der Waals surface area contributed by atoms with E-state index in [9.17, 15) is 4.79 Å². The molecule has 9 heteroatoms. The normalized spacial score (nSPS) is 10.9. The molecule has 3 aromatic heterocycles. The maximum Gasteiger partial charge on any atom is 0.274 e. The zero-order valence-electron chi connectivity index (χ0n) is 14.1. The highest BCUT2D eigenvalue weighted by atomic mass is 35.5. The number of rotatable bonds is 4. The number of nitrogens with zero attached hydrogens (tertiary/aromatic N) is 3. The van der Waals surface area contributed by atoms with E-state index in [1.54, 1.807) is 23.7 Å². The van der Waals surface area contributed by atoms with Gasteiger partial charge in [0, 0.05) is 16.6 Å². The van der Waals surface area contributed by atoms with Gasteiger partial charge in [-0.15, -0.1) is 11.3 Å². The van der Waals surface area contributed by atoms with Gasteiger partial charge in [-0.1, -0.05) is 23.7 Å². The van der Waals surface area contributed by atoms with E-state index in [0.717, 1.165) is 22.7 Å². The maximum atomic E-state index is 11.5. The predicted molar refractivity (Wildman–Crippen MR) is 105 cm³/mol. The summed E-state index contributed by atoms with van der Waals surface area (Å²) in [6.45, 7) is 1.92. The minimum absolute atomic E-state index is 0.337. The summed E-state index contributed by atoms with van der Waals surface area (Å²) in [6.07, 6.45) is 0. The Hall–Kier alpha value is -2.94. The van der Waals surface area contributed by atoms with Crippen LogP contribution in [0.1, 0.15) is 16.1 Å². The SMILES string of the molecule is Cc1nc2cccc(Cl)n2c1-c1csc(Nc2cccc(C(=O)NO)c2)n1. The van der Waals surface area contributed by atoms with Gasteiger partial charge in [0.25, 0.3) is 5.91 Å². The first-order chi connectivity index (χ1) is 13.1. The van der Waals surface area contributed by atoms with E-state index in [4.69, 9.17) is 16.8 Å². The van der Waals surface area contributed by atoms with E-state index in [2.05, 4.69) is 15.3 Å². The number of thiazole rings is 1. The molecule has 3 N–H and O–H groups in total. The average Bonchev–Trinajstić information content (AvgIpc) is 3.25. The Morgan fingerprint density at radius 2 is 2.04 bits per heavy atom. The summed E-state index contributed by atoms with van der Waals surface area (Å²) >= 11 is 7.78. The Bertz CT molecular complexity index is 1150. The van der Waals surface area contributed by atoms with Crippen molar-refractivity contribution in [2.45, 2.75) is 6.92 Å². The third-order valence-corrected chi connectivity index (χ3v) is 5.05. The van der Waals surface area contributed by atoms with Crippen LogP contribution in [0.5, 0.6) is 0 Å². The van der Waals surface area contributed by atoms with Crippen LogP contribution in [-0.4, -0.2) is 25.5 Å². The second kappa shape index (κ2) is 6.99. The first kappa shape index (κ1) is 17.5. The van der Waals surface area contributed by atoms with Crippen molar-refractivity contribution >= 4 is 45.3 Å². The molecule has 0 saturated carbocycles. The molecule has 0 aliphatic rings. The molecule has 136 valence electrons. The predicted octanol–water partition coefficient (Wildman–Crippen LogP) is 4.28. The summed E-state index contributed by atoms with van der Waals surface area (Å²) in [5.41, 5.74) is 5.84. The molecule has 0 aliphatic heterocycles. The summed E-state index contributed by atoms with van der Waals surface area (Å²) in [4.78, 5) is 20.7. The van der Waals surface area contributed by atoms with Crippen LogP contribution in [0.25, 0.3) is 17.0 Å². The molecule has 4 rings (SSSR count). The summed E-state index contributed by atoms with van der Waals surface area (Å²) in [7, 11) is 0. The second-order valence-corrected chi connectivity index (χ2v) is 7.02. The molecule has 3 heterocycles. The van der Waals surface area contributed by atoms with Gasteiger partial charge in [0.1, 0.15) is 16.5 Å². The van der Waals surface area contributed by atoms with Gasteiger partial charge < -0.3 is 5.32 Å². The zero-order valence-corrected chi connectivity index (χ0v) is 15.7. The standard InChI is InChI=1S/C18H14ClN5O2S/c1-10-16(24-14(19)6-3-7-15(24)20-10)13-9-27-18(22-13)21-12-5-2-4-11(8-12)17(25)23-26/h2-9,26H,1H3,(H,21,22)(H,23,25). The molecule has 0 radical (unpaired) electrons. The fraction of sp³-hybridized carbons (Fsp3) is 0.0556. The molecule has 1 aromatic carbocycles. The molecular weight excluding hydrogens is 386 g/mol. The first-order valence-electron chi connectivity index (χ1n) is 7.98. The lowest BCUT2D eigenvalue weighted by Gasteiger charge is -2.05. The number of amides is 1. The van der Waals surface area contributed by atoms with Crippen molar-refractivity contribution in [2.75, 3.05) is 5.32 Å². The lowest BCUT2D eigenvalue weighted by molar-refractivity contribution is 0.0706. The van der Waals surface area contributed by atoms with Crippen molar-refractivity contribution in [1.29, 1.82) is 0 Å². The third-order valence-electron chi connectivity index (χ3n) is 3.99. The van der Waals surface area contributed by atoms with Crippen LogP contribution >= 0.6 is 22.9 Å². The molecule has 0 atom stereocenters. The van der Waals surface area contributed by atoms with Crippen molar-refractivity contribution in [3.05, 3.63) is 64.3 Å². The maximum absolute atomic E-state index is 11.5. The summed E-state index contributed by atoms with van der Waals surface area (Å²) in [5, 5.41) is 15.1. The Kier molecular flexibility index (Phi) is 4.53. The van der Waals surface area contributed by atoms with Crippen molar-refractivity contribution in [3.63, 3.8) is 0 Å². The number of hydrogen-bond donors (Lipinski definition) is 3. The fourth-order valence-corrected chi connectivity index (χ4v) is 3.79. The number of aryl methyl sites for hydroxylation is 1. The summed E-state index contributed by atoms with van der Waals surface area (Å²) in [6, 6.07) is 12.3. The zero-order chi connectivity index (χ0) is 19.0. The number of hydrogen-bond acceptors (Lipinski definition) is 6. The minimum Gasteiger partial charge on any atom is -0.332 e. The number of carbonyl (C=O) groups excluding carboxylic acids is 1. The van der Waals surface area contributed by atoms with Crippen LogP contribution in [0, 0.1) is 6.92 Å². The molecular formula is C18H14ClN5O2S. The van der Waals surface area contributed by atoms with Crippen molar-refractivity contribution < 1.29 is 10.0 Å². The largest absolute Gasteiger partial charge is 0.332 e. The molecule has 1 amide bonds. The number of fused-ring (bicyclic) bond motifs is 1. The number of carbonyl (C=O) groups is 1. The van der Waals surface area contributed by atoms with E-state index >= 15 is 0 Å². The first-order valence-corrected chi connectivity index (χ1v) is 9.23. The Balaban J connectivity index is 1.67. The van der Waals surface area contributed by atoms with Crippen LogP contribution in [0.15, 0.2) is 47.8 Å².